The second-order valence-electron chi connectivity index (χ2n) is 4.85. The van der Waals surface area contributed by atoms with Crippen molar-refractivity contribution in [2.24, 2.45) is 0 Å². The molecule has 0 fully saturated rings. The highest BCUT2D eigenvalue weighted by atomic mass is 35.5. The van der Waals surface area contributed by atoms with Crippen molar-refractivity contribution in [2.45, 2.75) is 5.38 Å². The van der Waals surface area contributed by atoms with Gasteiger partial charge in [-0.1, -0.05) is 24.3 Å². The molecule has 0 aliphatic rings. The van der Waals surface area contributed by atoms with E-state index < -0.39 is 0 Å². The van der Waals surface area contributed by atoms with Gasteiger partial charge in [0, 0.05) is 21.8 Å². The van der Waals surface area contributed by atoms with Crippen molar-refractivity contribution < 1.29 is 4.42 Å². The van der Waals surface area contributed by atoms with Crippen LogP contribution in [0.2, 0.25) is 0 Å². The van der Waals surface area contributed by atoms with Crippen LogP contribution in [0.3, 0.4) is 0 Å². The Kier molecular flexibility index (Phi) is 2.57. The summed E-state index contributed by atoms with van der Waals surface area (Å²) >= 11 is 6.49. The van der Waals surface area contributed by atoms with Crippen molar-refractivity contribution in [1.29, 1.82) is 0 Å². The highest BCUT2D eigenvalue weighted by molar-refractivity contribution is 6.22. The predicted octanol–water partition coefficient (Wildman–Crippen LogP) is 5.24. The minimum absolute atomic E-state index is 0.261. The summed E-state index contributed by atoms with van der Waals surface area (Å²) in [4.78, 5) is 3.41. The van der Waals surface area contributed by atoms with Crippen molar-refractivity contribution in [3.63, 3.8) is 0 Å². The SMILES string of the molecule is ClC(c1ccc2[nH]c3ccccc3c2c1)c1ccco1. The Morgan fingerprint density at radius 3 is 2.60 bits per heavy atom. The third-order valence-corrected chi connectivity index (χ3v) is 4.08. The Balaban J connectivity index is 1.91. The van der Waals surface area contributed by atoms with Crippen molar-refractivity contribution in [3.8, 4) is 0 Å². The summed E-state index contributed by atoms with van der Waals surface area (Å²) < 4.78 is 5.39. The topological polar surface area (TPSA) is 28.9 Å². The molecule has 2 aromatic carbocycles. The van der Waals surface area contributed by atoms with Crippen LogP contribution >= 0.6 is 11.6 Å². The number of aromatic amines is 1. The Morgan fingerprint density at radius 2 is 1.75 bits per heavy atom. The van der Waals surface area contributed by atoms with E-state index in [1.54, 1.807) is 6.26 Å². The Morgan fingerprint density at radius 1 is 0.900 bits per heavy atom. The average Bonchev–Trinajstić information content (AvgIpc) is 3.13. The van der Waals surface area contributed by atoms with Gasteiger partial charge in [-0.25, -0.2) is 0 Å². The first-order valence-corrected chi connectivity index (χ1v) is 6.94. The molecule has 0 spiro atoms. The van der Waals surface area contributed by atoms with E-state index in [4.69, 9.17) is 16.0 Å². The van der Waals surface area contributed by atoms with Crippen molar-refractivity contribution in [3.05, 3.63) is 72.2 Å². The Bertz CT molecular complexity index is 876. The molecule has 1 N–H and O–H groups in total. The van der Waals surface area contributed by atoms with Crippen LogP contribution in [0.5, 0.6) is 0 Å². The van der Waals surface area contributed by atoms with Gasteiger partial charge in [-0.2, -0.15) is 0 Å². The van der Waals surface area contributed by atoms with E-state index in [1.165, 1.54) is 10.8 Å². The number of alkyl halides is 1. The van der Waals surface area contributed by atoms with Gasteiger partial charge in [0.2, 0.25) is 0 Å². The van der Waals surface area contributed by atoms with E-state index in [-0.39, 0.29) is 5.38 Å². The number of H-pyrrole nitrogens is 1. The summed E-state index contributed by atoms with van der Waals surface area (Å²) in [5.74, 6) is 0.769. The fraction of sp³-hybridized carbons (Fsp3) is 0.0588. The highest BCUT2D eigenvalue weighted by Crippen LogP contribution is 2.33. The monoisotopic (exact) mass is 281 g/mol. The van der Waals surface area contributed by atoms with Gasteiger partial charge < -0.3 is 9.40 Å². The Labute approximate surface area is 121 Å². The van der Waals surface area contributed by atoms with Crippen LogP contribution in [0.15, 0.2) is 65.3 Å². The van der Waals surface area contributed by atoms with Gasteiger partial charge in [-0.15, -0.1) is 11.6 Å². The number of halogens is 1. The van der Waals surface area contributed by atoms with E-state index in [2.05, 4.69) is 29.2 Å². The molecule has 0 aliphatic carbocycles. The molecule has 2 nitrogen and oxygen atoms in total. The first kappa shape index (κ1) is 11.6. The van der Waals surface area contributed by atoms with Gasteiger partial charge in [-0.3, -0.25) is 0 Å². The largest absolute Gasteiger partial charge is 0.467 e. The van der Waals surface area contributed by atoms with Gasteiger partial charge in [-0.05, 0) is 35.9 Å². The molecule has 2 aromatic heterocycles. The third-order valence-electron chi connectivity index (χ3n) is 3.62. The summed E-state index contributed by atoms with van der Waals surface area (Å²) in [6.45, 7) is 0. The van der Waals surface area contributed by atoms with Gasteiger partial charge in [0.1, 0.15) is 11.1 Å². The number of benzene rings is 2. The molecule has 20 heavy (non-hydrogen) atoms. The summed E-state index contributed by atoms with van der Waals surface area (Å²) in [5.41, 5.74) is 3.31. The Hall–Kier alpha value is -2.19. The van der Waals surface area contributed by atoms with Crippen LogP contribution in [0.25, 0.3) is 21.8 Å². The first-order valence-electron chi connectivity index (χ1n) is 6.51. The van der Waals surface area contributed by atoms with Crippen molar-refractivity contribution in [2.75, 3.05) is 0 Å². The fourth-order valence-electron chi connectivity index (χ4n) is 2.62. The number of rotatable bonds is 2. The summed E-state index contributed by atoms with van der Waals surface area (Å²) in [7, 11) is 0. The number of aromatic nitrogens is 1. The van der Waals surface area contributed by atoms with Gasteiger partial charge >= 0.3 is 0 Å². The maximum Gasteiger partial charge on any atom is 0.126 e. The maximum absolute atomic E-state index is 6.49. The molecule has 0 saturated carbocycles. The van der Waals surface area contributed by atoms with Gasteiger partial charge in [0.25, 0.3) is 0 Å². The third kappa shape index (κ3) is 1.73. The lowest BCUT2D eigenvalue weighted by Gasteiger charge is -2.07. The smallest absolute Gasteiger partial charge is 0.126 e. The molecule has 0 radical (unpaired) electrons. The number of para-hydroxylation sites is 1. The van der Waals surface area contributed by atoms with Crippen molar-refractivity contribution >= 4 is 33.4 Å². The summed E-state index contributed by atoms with van der Waals surface area (Å²) in [5, 5.41) is 2.14. The maximum atomic E-state index is 6.49. The van der Waals surface area contributed by atoms with E-state index in [9.17, 15) is 0 Å². The zero-order chi connectivity index (χ0) is 13.5. The number of nitrogens with one attached hydrogen (secondary N) is 1. The molecule has 2 heterocycles. The zero-order valence-electron chi connectivity index (χ0n) is 10.6. The molecule has 0 saturated heterocycles. The molecule has 0 amide bonds. The average molecular weight is 282 g/mol. The molecule has 4 rings (SSSR count). The molecule has 1 atom stereocenters. The van der Waals surface area contributed by atoms with Crippen LogP contribution in [-0.4, -0.2) is 4.98 Å². The minimum Gasteiger partial charge on any atom is -0.467 e. The highest BCUT2D eigenvalue weighted by Gasteiger charge is 2.15. The summed E-state index contributed by atoms with van der Waals surface area (Å²) in [6.07, 6.45) is 1.65. The van der Waals surface area contributed by atoms with E-state index in [1.807, 2.05) is 30.3 Å². The van der Waals surface area contributed by atoms with Crippen LogP contribution in [-0.2, 0) is 0 Å². The van der Waals surface area contributed by atoms with Gasteiger partial charge in [0.15, 0.2) is 0 Å². The van der Waals surface area contributed by atoms with Crippen LogP contribution in [0.4, 0.5) is 0 Å². The molecular weight excluding hydrogens is 270 g/mol. The van der Waals surface area contributed by atoms with E-state index in [0.717, 1.165) is 22.4 Å². The molecule has 4 aromatic rings. The summed E-state index contributed by atoms with van der Waals surface area (Å²) in [6, 6.07) is 18.3. The van der Waals surface area contributed by atoms with E-state index in [0.29, 0.717) is 0 Å². The molecule has 0 aliphatic heterocycles. The number of furan rings is 1. The van der Waals surface area contributed by atoms with Crippen molar-refractivity contribution in [1.82, 2.24) is 4.98 Å². The molecule has 0 bridgehead atoms. The standard InChI is InChI=1S/C17H12ClNO/c18-17(16-6-3-9-20-16)11-7-8-15-13(10-11)12-4-1-2-5-14(12)19-15/h1-10,17,19H. The van der Waals surface area contributed by atoms with Crippen LogP contribution in [0, 0.1) is 0 Å². The second-order valence-corrected chi connectivity index (χ2v) is 5.29. The van der Waals surface area contributed by atoms with Crippen LogP contribution < -0.4 is 0 Å². The molecule has 98 valence electrons. The quantitative estimate of drug-likeness (QED) is 0.500. The number of fused-ring (bicyclic) bond motifs is 3. The molecule has 3 heteroatoms. The van der Waals surface area contributed by atoms with Gasteiger partial charge in [0.05, 0.1) is 6.26 Å². The molecule has 1 unspecified atom stereocenters. The number of hydrogen-bond acceptors (Lipinski definition) is 1. The second kappa shape index (κ2) is 4.43. The lowest BCUT2D eigenvalue weighted by Crippen LogP contribution is -1.90. The first-order chi connectivity index (χ1) is 9.83. The minimum atomic E-state index is -0.261. The predicted molar refractivity (Wildman–Crippen MR) is 82.2 cm³/mol. The normalized spacial score (nSPS) is 13.1. The zero-order valence-corrected chi connectivity index (χ0v) is 11.4. The lowest BCUT2D eigenvalue weighted by atomic mass is 10.1. The lowest BCUT2D eigenvalue weighted by molar-refractivity contribution is 0.516. The molecular formula is C17H12ClNO. The van der Waals surface area contributed by atoms with Crippen LogP contribution in [0.1, 0.15) is 16.7 Å². The van der Waals surface area contributed by atoms with E-state index >= 15 is 0 Å². The number of hydrogen-bond donors (Lipinski definition) is 1. The fourth-order valence-corrected chi connectivity index (χ4v) is 2.88.